The molecule has 0 amide bonds. The highest BCUT2D eigenvalue weighted by atomic mass is 15.2. The second-order valence-corrected chi connectivity index (χ2v) is 6.26. The van der Waals surface area contributed by atoms with Crippen LogP contribution in [0.3, 0.4) is 0 Å². The summed E-state index contributed by atoms with van der Waals surface area (Å²) in [6.45, 7) is 5.88. The Morgan fingerprint density at radius 1 is 1.18 bits per heavy atom. The van der Waals surface area contributed by atoms with Gasteiger partial charge in [0.15, 0.2) is 0 Å². The fraction of sp³-hybridized carbons (Fsp3) is 1.00. The summed E-state index contributed by atoms with van der Waals surface area (Å²) in [6, 6.07) is 0.869. The SMILES string of the molecule is CCC1CCCN1CCC1(CN)CCCCC1. The summed E-state index contributed by atoms with van der Waals surface area (Å²) < 4.78 is 0. The van der Waals surface area contributed by atoms with Gasteiger partial charge in [0.1, 0.15) is 0 Å². The van der Waals surface area contributed by atoms with Gasteiger partial charge in [-0.1, -0.05) is 26.2 Å². The average molecular weight is 238 g/mol. The fourth-order valence-corrected chi connectivity index (χ4v) is 3.89. The van der Waals surface area contributed by atoms with Crippen LogP contribution in [0.4, 0.5) is 0 Å². The van der Waals surface area contributed by atoms with Crippen LogP contribution < -0.4 is 5.73 Å². The van der Waals surface area contributed by atoms with Crippen molar-refractivity contribution in [1.29, 1.82) is 0 Å². The number of nitrogens with zero attached hydrogens (tertiary/aromatic N) is 1. The van der Waals surface area contributed by atoms with Gasteiger partial charge < -0.3 is 10.6 Å². The first kappa shape index (κ1) is 13.4. The van der Waals surface area contributed by atoms with Crippen molar-refractivity contribution in [2.75, 3.05) is 19.6 Å². The van der Waals surface area contributed by atoms with Crippen LogP contribution in [0.5, 0.6) is 0 Å². The highest BCUT2D eigenvalue weighted by Crippen LogP contribution is 2.39. The zero-order valence-electron chi connectivity index (χ0n) is 11.6. The molecule has 1 aliphatic carbocycles. The molecule has 1 aliphatic heterocycles. The van der Waals surface area contributed by atoms with Crippen LogP contribution in [0.2, 0.25) is 0 Å². The van der Waals surface area contributed by atoms with Crippen molar-refractivity contribution in [1.82, 2.24) is 4.90 Å². The highest BCUT2D eigenvalue weighted by molar-refractivity contribution is 4.86. The van der Waals surface area contributed by atoms with Crippen molar-refractivity contribution in [3.63, 3.8) is 0 Å². The zero-order valence-corrected chi connectivity index (χ0v) is 11.6. The van der Waals surface area contributed by atoms with Gasteiger partial charge >= 0.3 is 0 Å². The highest BCUT2D eigenvalue weighted by Gasteiger charge is 2.32. The van der Waals surface area contributed by atoms with Crippen molar-refractivity contribution in [2.24, 2.45) is 11.1 Å². The summed E-state index contributed by atoms with van der Waals surface area (Å²) in [7, 11) is 0. The number of rotatable bonds is 5. The molecular weight excluding hydrogens is 208 g/mol. The van der Waals surface area contributed by atoms with Gasteiger partial charge in [-0.05, 0) is 63.6 Å². The molecule has 1 heterocycles. The molecule has 0 aromatic rings. The van der Waals surface area contributed by atoms with E-state index in [9.17, 15) is 0 Å². The van der Waals surface area contributed by atoms with Gasteiger partial charge in [-0.3, -0.25) is 0 Å². The molecule has 1 saturated heterocycles. The molecule has 2 fully saturated rings. The second-order valence-electron chi connectivity index (χ2n) is 6.26. The summed E-state index contributed by atoms with van der Waals surface area (Å²) in [5.74, 6) is 0. The molecule has 2 rings (SSSR count). The molecule has 17 heavy (non-hydrogen) atoms. The molecule has 2 nitrogen and oxygen atoms in total. The van der Waals surface area contributed by atoms with E-state index in [1.165, 1.54) is 70.9 Å². The Kier molecular flexibility index (Phi) is 4.87. The molecular formula is C15H30N2. The molecule has 100 valence electrons. The minimum atomic E-state index is 0.499. The lowest BCUT2D eigenvalue weighted by atomic mass is 9.72. The molecule has 2 heteroatoms. The number of nitrogens with two attached hydrogens (primary N) is 1. The molecule has 1 saturated carbocycles. The topological polar surface area (TPSA) is 29.3 Å². The van der Waals surface area contributed by atoms with Crippen LogP contribution in [0.25, 0.3) is 0 Å². The van der Waals surface area contributed by atoms with Crippen molar-refractivity contribution >= 4 is 0 Å². The summed E-state index contributed by atoms with van der Waals surface area (Å²) in [6.07, 6.45) is 12.5. The molecule has 1 atom stereocenters. The van der Waals surface area contributed by atoms with E-state index in [0.29, 0.717) is 5.41 Å². The molecule has 1 unspecified atom stereocenters. The Bertz CT molecular complexity index is 221. The van der Waals surface area contributed by atoms with Crippen molar-refractivity contribution < 1.29 is 0 Å². The molecule has 0 radical (unpaired) electrons. The predicted octanol–water partition coefficient (Wildman–Crippen LogP) is 3.16. The van der Waals surface area contributed by atoms with Crippen molar-refractivity contribution in [3.05, 3.63) is 0 Å². The second kappa shape index (κ2) is 6.19. The van der Waals surface area contributed by atoms with E-state index >= 15 is 0 Å². The average Bonchev–Trinajstić information content (AvgIpc) is 2.85. The maximum atomic E-state index is 6.07. The molecule has 0 aromatic carbocycles. The molecule has 0 bridgehead atoms. The van der Waals surface area contributed by atoms with E-state index in [1.807, 2.05) is 0 Å². The van der Waals surface area contributed by atoms with Crippen LogP contribution in [-0.2, 0) is 0 Å². The van der Waals surface area contributed by atoms with Gasteiger partial charge in [-0.2, -0.15) is 0 Å². The molecule has 2 N–H and O–H groups in total. The number of hydrogen-bond acceptors (Lipinski definition) is 2. The minimum Gasteiger partial charge on any atom is -0.330 e. The van der Waals surface area contributed by atoms with E-state index in [1.54, 1.807) is 0 Å². The lowest BCUT2D eigenvalue weighted by Crippen LogP contribution is -2.38. The van der Waals surface area contributed by atoms with E-state index in [-0.39, 0.29) is 0 Å². The van der Waals surface area contributed by atoms with Crippen LogP contribution in [-0.4, -0.2) is 30.6 Å². The maximum Gasteiger partial charge on any atom is 0.00931 e. The molecule has 0 aromatic heterocycles. The quantitative estimate of drug-likeness (QED) is 0.797. The third kappa shape index (κ3) is 3.23. The van der Waals surface area contributed by atoms with Gasteiger partial charge in [-0.15, -0.1) is 0 Å². The Labute approximate surface area is 107 Å². The van der Waals surface area contributed by atoms with E-state index in [4.69, 9.17) is 5.73 Å². The lowest BCUT2D eigenvalue weighted by molar-refractivity contribution is 0.140. The summed E-state index contributed by atoms with van der Waals surface area (Å²) in [4.78, 5) is 2.73. The van der Waals surface area contributed by atoms with Crippen LogP contribution in [0.15, 0.2) is 0 Å². The van der Waals surface area contributed by atoms with Gasteiger partial charge in [-0.25, -0.2) is 0 Å². The molecule has 2 aliphatic rings. The third-order valence-corrected chi connectivity index (χ3v) is 5.25. The zero-order chi connectivity index (χ0) is 12.1. The first-order valence-corrected chi connectivity index (χ1v) is 7.74. The first-order chi connectivity index (χ1) is 8.29. The summed E-state index contributed by atoms with van der Waals surface area (Å²) >= 11 is 0. The fourth-order valence-electron chi connectivity index (χ4n) is 3.89. The summed E-state index contributed by atoms with van der Waals surface area (Å²) in [5, 5.41) is 0. The third-order valence-electron chi connectivity index (χ3n) is 5.25. The number of likely N-dealkylation sites (tertiary alicyclic amines) is 1. The Hall–Kier alpha value is -0.0800. The molecule has 0 spiro atoms. The maximum absolute atomic E-state index is 6.07. The van der Waals surface area contributed by atoms with Gasteiger partial charge in [0.2, 0.25) is 0 Å². The Morgan fingerprint density at radius 2 is 1.94 bits per heavy atom. The van der Waals surface area contributed by atoms with E-state index < -0.39 is 0 Å². The Balaban J connectivity index is 1.82. The van der Waals surface area contributed by atoms with Crippen molar-refractivity contribution in [3.8, 4) is 0 Å². The first-order valence-electron chi connectivity index (χ1n) is 7.74. The summed E-state index contributed by atoms with van der Waals surface area (Å²) in [5.41, 5.74) is 6.57. The van der Waals surface area contributed by atoms with Crippen molar-refractivity contribution in [2.45, 2.75) is 70.8 Å². The normalized spacial score (nSPS) is 29.6. The van der Waals surface area contributed by atoms with Gasteiger partial charge in [0.25, 0.3) is 0 Å². The van der Waals surface area contributed by atoms with Gasteiger partial charge in [0.05, 0.1) is 0 Å². The predicted molar refractivity (Wildman–Crippen MR) is 74.1 cm³/mol. The van der Waals surface area contributed by atoms with Crippen LogP contribution >= 0.6 is 0 Å². The minimum absolute atomic E-state index is 0.499. The smallest absolute Gasteiger partial charge is 0.00931 e. The number of hydrogen-bond donors (Lipinski definition) is 1. The van der Waals surface area contributed by atoms with Gasteiger partial charge in [0, 0.05) is 6.04 Å². The van der Waals surface area contributed by atoms with E-state index in [2.05, 4.69) is 11.8 Å². The lowest BCUT2D eigenvalue weighted by Gasteiger charge is -2.38. The van der Waals surface area contributed by atoms with Crippen LogP contribution in [0, 0.1) is 5.41 Å². The standard InChI is InChI=1S/C15H30N2/c1-2-14-7-6-11-17(14)12-10-15(13-16)8-4-3-5-9-15/h14H,2-13,16H2,1H3. The Morgan fingerprint density at radius 3 is 2.59 bits per heavy atom. The van der Waals surface area contributed by atoms with Crippen LogP contribution in [0.1, 0.15) is 64.7 Å². The largest absolute Gasteiger partial charge is 0.330 e. The monoisotopic (exact) mass is 238 g/mol. The van der Waals surface area contributed by atoms with E-state index in [0.717, 1.165) is 12.6 Å².